The Morgan fingerprint density at radius 3 is 1.89 bits per heavy atom. The van der Waals surface area contributed by atoms with Crippen molar-refractivity contribution in [3.63, 3.8) is 0 Å². The van der Waals surface area contributed by atoms with Gasteiger partial charge in [-0.2, -0.15) is 0 Å². The molecular formula is C18H20. The van der Waals surface area contributed by atoms with E-state index in [9.17, 15) is 0 Å². The summed E-state index contributed by atoms with van der Waals surface area (Å²) < 4.78 is 0. The number of hydrogen-bond acceptors (Lipinski definition) is 0. The summed E-state index contributed by atoms with van der Waals surface area (Å²) in [5.74, 6) is 0. The van der Waals surface area contributed by atoms with E-state index in [1.165, 1.54) is 16.7 Å². The lowest BCUT2D eigenvalue weighted by molar-refractivity contribution is 0.671. The summed E-state index contributed by atoms with van der Waals surface area (Å²) in [6.45, 7) is 6.70. The van der Waals surface area contributed by atoms with Gasteiger partial charge in [-0.1, -0.05) is 80.6 Å². The summed E-state index contributed by atoms with van der Waals surface area (Å²) in [5.41, 5.74) is 4.02. The van der Waals surface area contributed by atoms with Crippen molar-refractivity contribution in [2.45, 2.75) is 26.2 Å². The van der Waals surface area contributed by atoms with Gasteiger partial charge in [0, 0.05) is 5.41 Å². The third-order valence-corrected chi connectivity index (χ3v) is 3.32. The summed E-state index contributed by atoms with van der Waals surface area (Å²) in [4.78, 5) is 0. The van der Waals surface area contributed by atoms with E-state index in [1.807, 2.05) is 0 Å². The molecule has 0 radical (unpaired) electrons. The standard InChI is InChI=1S/C18H20/c1-15(16-10-6-4-7-11-16)14-18(2,3)17-12-8-5-9-13-17/h4-14H,1-3H3/b15-14+. The Morgan fingerprint density at radius 2 is 1.33 bits per heavy atom. The van der Waals surface area contributed by atoms with Gasteiger partial charge in [0.25, 0.3) is 0 Å². The topological polar surface area (TPSA) is 0 Å². The highest BCUT2D eigenvalue weighted by Gasteiger charge is 2.17. The van der Waals surface area contributed by atoms with Crippen molar-refractivity contribution >= 4 is 5.57 Å². The van der Waals surface area contributed by atoms with E-state index in [2.05, 4.69) is 87.5 Å². The average Bonchev–Trinajstić information content (AvgIpc) is 2.40. The van der Waals surface area contributed by atoms with Gasteiger partial charge in [-0.25, -0.2) is 0 Å². The van der Waals surface area contributed by atoms with Crippen molar-refractivity contribution in [3.05, 3.63) is 77.9 Å². The van der Waals surface area contributed by atoms with Crippen LogP contribution in [0.5, 0.6) is 0 Å². The van der Waals surface area contributed by atoms with Gasteiger partial charge in [0.05, 0.1) is 0 Å². The lowest BCUT2D eigenvalue weighted by atomic mass is 9.82. The van der Waals surface area contributed by atoms with Gasteiger partial charge in [0.1, 0.15) is 0 Å². The number of allylic oxidation sites excluding steroid dienone is 2. The predicted octanol–water partition coefficient (Wildman–Crippen LogP) is 5.07. The molecule has 0 atom stereocenters. The molecule has 0 saturated heterocycles. The van der Waals surface area contributed by atoms with Crippen LogP contribution in [0.4, 0.5) is 0 Å². The first kappa shape index (κ1) is 12.6. The van der Waals surface area contributed by atoms with Gasteiger partial charge < -0.3 is 0 Å². The second-order valence-corrected chi connectivity index (χ2v) is 5.28. The molecular weight excluding hydrogens is 216 g/mol. The minimum Gasteiger partial charge on any atom is -0.0710 e. The van der Waals surface area contributed by atoms with E-state index in [0.717, 1.165) is 0 Å². The third kappa shape index (κ3) is 2.89. The molecule has 0 aromatic heterocycles. The minimum atomic E-state index is 0.0567. The Bertz CT molecular complexity index is 518. The molecule has 0 aliphatic rings. The maximum absolute atomic E-state index is 2.34. The van der Waals surface area contributed by atoms with Crippen LogP contribution < -0.4 is 0 Å². The van der Waals surface area contributed by atoms with Crippen LogP contribution in [0, 0.1) is 0 Å². The Labute approximate surface area is 110 Å². The maximum atomic E-state index is 2.34. The molecule has 0 saturated carbocycles. The summed E-state index contributed by atoms with van der Waals surface area (Å²) in [7, 11) is 0. The Kier molecular flexibility index (Phi) is 3.66. The summed E-state index contributed by atoms with van der Waals surface area (Å²) in [6.07, 6.45) is 2.34. The highest BCUT2D eigenvalue weighted by molar-refractivity contribution is 5.65. The zero-order valence-corrected chi connectivity index (χ0v) is 11.4. The van der Waals surface area contributed by atoms with Crippen LogP contribution in [0.3, 0.4) is 0 Å². The normalized spacial score (nSPS) is 12.5. The van der Waals surface area contributed by atoms with Crippen molar-refractivity contribution in [2.24, 2.45) is 0 Å². The molecule has 0 aliphatic carbocycles. The molecule has 92 valence electrons. The minimum absolute atomic E-state index is 0.0567. The Morgan fingerprint density at radius 1 is 0.833 bits per heavy atom. The van der Waals surface area contributed by atoms with E-state index < -0.39 is 0 Å². The maximum Gasteiger partial charge on any atom is 0.00812 e. The van der Waals surface area contributed by atoms with Crippen LogP contribution in [0.25, 0.3) is 5.57 Å². The Balaban J connectivity index is 2.32. The van der Waals surface area contributed by atoms with E-state index in [4.69, 9.17) is 0 Å². The van der Waals surface area contributed by atoms with Gasteiger partial charge >= 0.3 is 0 Å². The molecule has 0 unspecified atom stereocenters. The van der Waals surface area contributed by atoms with Crippen LogP contribution >= 0.6 is 0 Å². The fourth-order valence-electron chi connectivity index (χ4n) is 2.28. The average molecular weight is 236 g/mol. The molecule has 0 heterocycles. The first-order valence-corrected chi connectivity index (χ1v) is 6.40. The molecule has 0 amide bonds. The van der Waals surface area contributed by atoms with Crippen LogP contribution in [0.2, 0.25) is 0 Å². The predicted molar refractivity (Wildman–Crippen MR) is 79.6 cm³/mol. The largest absolute Gasteiger partial charge is 0.0710 e. The lowest BCUT2D eigenvalue weighted by Gasteiger charge is -2.22. The first-order valence-electron chi connectivity index (χ1n) is 6.40. The van der Waals surface area contributed by atoms with Gasteiger partial charge in [0.15, 0.2) is 0 Å². The van der Waals surface area contributed by atoms with Gasteiger partial charge in [-0.05, 0) is 23.6 Å². The van der Waals surface area contributed by atoms with Crippen LogP contribution in [-0.2, 0) is 5.41 Å². The molecule has 0 fully saturated rings. The second-order valence-electron chi connectivity index (χ2n) is 5.28. The molecule has 2 rings (SSSR count). The zero-order chi connectivity index (χ0) is 13.0. The third-order valence-electron chi connectivity index (χ3n) is 3.32. The molecule has 0 aliphatic heterocycles. The molecule has 2 aromatic rings. The fraction of sp³-hybridized carbons (Fsp3) is 0.222. The molecule has 18 heavy (non-hydrogen) atoms. The van der Waals surface area contributed by atoms with Crippen molar-refractivity contribution in [3.8, 4) is 0 Å². The van der Waals surface area contributed by atoms with Crippen LogP contribution in [-0.4, -0.2) is 0 Å². The summed E-state index contributed by atoms with van der Waals surface area (Å²) in [6, 6.07) is 21.2. The number of hydrogen-bond donors (Lipinski definition) is 0. The highest BCUT2D eigenvalue weighted by Crippen LogP contribution is 2.28. The van der Waals surface area contributed by atoms with Crippen LogP contribution in [0.15, 0.2) is 66.7 Å². The van der Waals surface area contributed by atoms with Crippen molar-refractivity contribution in [2.75, 3.05) is 0 Å². The molecule has 0 spiro atoms. The van der Waals surface area contributed by atoms with Gasteiger partial charge in [-0.15, -0.1) is 0 Å². The van der Waals surface area contributed by atoms with E-state index >= 15 is 0 Å². The highest BCUT2D eigenvalue weighted by atomic mass is 14.2. The van der Waals surface area contributed by atoms with E-state index in [-0.39, 0.29) is 5.41 Å². The molecule has 0 N–H and O–H groups in total. The summed E-state index contributed by atoms with van der Waals surface area (Å²) >= 11 is 0. The quantitative estimate of drug-likeness (QED) is 0.698. The van der Waals surface area contributed by atoms with E-state index in [1.54, 1.807) is 0 Å². The van der Waals surface area contributed by atoms with Crippen molar-refractivity contribution in [1.82, 2.24) is 0 Å². The first-order chi connectivity index (χ1) is 8.59. The molecule has 0 heteroatoms. The van der Waals surface area contributed by atoms with Crippen LogP contribution in [0.1, 0.15) is 31.9 Å². The fourth-order valence-corrected chi connectivity index (χ4v) is 2.28. The Hall–Kier alpha value is -1.82. The van der Waals surface area contributed by atoms with Gasteiger partial charge in [0.2, 0.25) is 0 Å². The lowest BCUT2D eigenvalue weighted by Crippen LogP contribution is -2.13. The number of benzene rings is 2. The van der Waals surface area contributed by atoms with Crippen molar-refractivity contribution in [1.29, 1.82) is 0 Å². The number of rotatable bonds is 3. The van der Waals surface area contributed by atoms with E-state index in [0.29, 0.717) is 0 Å². The molecule has 2 aromatic carbocycles. The zero-order valence-electron chi connectivity index (χ0n) is 11.4. The summed E-state index contributed by atoms with van der Waals surface area (Å²) in [5, 5.41) is 0. The molecule has 0 bridgehead atoms. The van der Waals surface area contributed by atoms with Gasteiger partial charge in [-0.3, -0.25) is 0 Å². The van der Waals surface area contributed by atoms with Crippen molar-refractivity contribution < 1.29 is 0 Å². The monoisotopic (exact) mass is 236 g/mol. The SMILES string of the molecule is C/C(=C\C(C)(C)c1ccccc1)c1ccccc1. The molecule has 0 nitrogen and oxygen atoms in total. The smallest absolute Gasteiger partial charge is 0.00812 e. The second kappa shape index (κ2) is 5.22.